The number of para-hydroxylation sites is 1. The molecule has 0 radical (unpaired) electrons. The summed E-state index contributed by atoms with van der Waals surface area (Å²) in [6, 6.07) is 16.5. The zero-order chi connectivity index (χ0) is 22.1. The highest BCUT2D eigenvalue weighted by Gasteiger charge is 2.35. The fourth-order valence-electron chi connectivity index (χ4n) is 3.78. The number of hydrogen-bond acceptors (Lipinski definition) is 4. The van der Waals surface area contributed by atoms with Crippen molar-refractivity contribution in [3.8, 4) is 6.07 Å². The molecule has 1 saturated heterocycles. The minimum absolute atomic E-state index is 0.0229. The molecule has 0 atom stereocenters. The number of nitrogens with one attached hydrogen (secondary N) is 1. The van der Waals surface area contributed by atoms with Crippen molar-refractivity contribution in [2.75, 3.05) is 6.54 Å². The summed E-state index contributed by atoms with van der Waals surface area (Å²) < 4.78 is 2.05. The number of carbonyl (C=O) groups excluding carboxylic acids is 2. The highest BCUT2D eigenvalue weighted by Crippen LogP contribution is 2.29. The molecule has 2 aromatic carbocycles. The molecule has 2 N–H and O–H groups in total. The Hall–Kier alpha value is -4.38. The average molecular weight is 414 g/mol. The van der Waals surface area contributed by atoms with Crippen molar-refractivity contribution < 1.29 is 19.5 Å². The molecule has 0 unspecified atom stereocenters. The maximum absolute atomic E-state index is 12.6. The van der Waals surface area contributed by atoms with E-state index in [9.17, 15) is 19.6 Å². The molecule has 1 aliphatic heterocycles. The van der Waals surface area contributed by atoms with Crippen LogP contribution >= 0.6 is 0 Å². The van der Waals surface area contributed by atoms with Gasteiger partial charge < -0.3 is 15.0 Å². The number of carboxylic acids is 1. The number of urea groups is 1. The van der Waals surface area contributed by atoms with Crippen LogP contribution in [-0.4, -0.2) is 39.0 Å². The average Bonchev–Trinajstić information content (AvgIpc) is 3.17. The van der Waals surface area contributed by atoms with Crippen LogP contribution in [0, 0.1) is 18.3 Å². The number of carbonyl (C=O) groups is 3. The summed E-state index contributed by atoms with van der Waals surface area (Å²) >= 11 is 0. The minimum Gasteiger partial charge on any atom is -0.480 e. The lowest BCUT2D eigenvalue weighted by molar-refractivity contribution is -0.140. The number of hydrogen-bond donors (Lipinski definition) is 2. The van der Waals surface area contributed by atoms with Crippen molar-refractivity contribution in [1.29, 1.82) is 5.26 Å². The van der Waals surface area contributed by atoms with Crippen LogP contribution in [0.1, 0.15) is 22.4 Å². The second kappa shape index (κ2) is 7.80. The number of carboxylic acid groups (broad SMARTS) is 1. The van der Waals surface area contributed by atoms with E-state index >= 15 is 0 Å². The number of nitrogens with zero attached hydrogens (tertiary/aromatic N) is 3. The molecule has 0 saturated carbocycles. The Bertz CT molecular complexity index is 1310. The van der Waals surface area contributed by atoms with Gasteiger partial charge in [0.15, 0.2) is 0 Å². The predicted molar refractivity (Wildman–Crippen MR) is 113 cm³/mol. The molecule has 3 amide bonds. The number of aromatic nitrogens is 1. The first kappa shape index (κ1) is 19.9. The molecule has 8 nitrogen and oxygen atoms in total. The Morgan fingerprint density at radius 2 is 1.87 bits per heavy atom. The van der Waals surface area contributed by atoms with Crippen LogP contribution in [0.5, 0.6) is 0 Å². The summed E-state index contributed by atoms with van der Waals surface area (Å²) in [7, 11) is 0. The Labute approximate surface area is 177 Å². The molecule has 154 valence electrons. The van der Waals surface area contributed by atoms with E-state index in [1.54, 1.807) is 12.1 Å². The van der Waals surface area contributed by atoms with E-state index < -0.39 is 24.5 Å². The van der Waals surface area contributed by atoms with Gasteiger partial charge in [-0.05, 0) is 30.7 Å². The van der Waals surface area contributed by atoms with Crippen LogP contribution in [0.2, 0.25) is 0 Å². The van der Waals surface area contributed by atoms with Crippen LogP contribution in [0.3, 0.4) is 0 Å². The number of nitriles is 1. The Morgan fingerprint density at radius 1 is 1.16 bits per heavy atom. The first-order valence-electron chi connectivity index (χ1n) is 9.53. The molecular formula is C23H18N4O4. The lowest BCUT2D eigenvalue weighted by Gasteiger charge is -2.10. The summed E-state index contributed by atoms with van der Waals surface area (Å²) in [4.78, 5) is 36.2. The summed E-state index contributed by atoms with van der Waals surface area (Å²) in [5.41, 5.74) is 3.98. The van der Waals surface area contributed by atoms with Gasteiger partial charge in [-0.25, -0.2) is 9.69 Å². The normalized spacial score (nSPS) is 14.8. The molecule has 0 aliphatic carbocycles. The highest BCUT2D eigenvalue weighted by atomic mass is 16.4. The lowest BCUT2D eigenvalue weighted by Crippen LogP contribution is -2.35. The maximum atomic E-state index is 12.6. The van der Waals surface area contributed by atoms with Gasteiger partial charge in [0.1, 0.15) is 12.2 Å². The Balaban J connectivity index is 1.80. The molecule has 1 aliphatic rings. The second-order valence-corrected chi connectivity index (χ2v) is 7.14. The van der Waals surface area contributed by atoms with Crippen molar-refractivity contribution in [1.82, 2.24) is 14.8 Å². The highest BCUT2D eigenvalue weighted by molar-refractivity contribution is 6.15. The zero-order valence-corrected chi connectivity index (χ0v) is 16.6. The molecule has 2 heterocycles. The largest absolute Gasteiger partial charge is 0.480 e. The Kier molecular flexibility index (Phi) is 5.01. The summed E-state index contributed by atoms with van der Waals surface area (Å²) in [5, 5.41) is 21.7. The number of aliphatic carboxylic acids is 1. The molecule has 31 heavy (non-hydrogen) atoms. The van der Waals surface area contributed by atoms with Gasteiger partial charge in [0, 0.05) is 28.7 Å². The first-order valence-corrected chi connectivity index (χ1v) is 9.53. The summed E-state index contributed by atoms with van der Waals surface area (Å²) in [6.07, 6.45) is 1.58. The van der Waals surface area contributed by atoms with Crippen molar-refractivity contribution in [3.05, 3.63) is 76.6 Å². The van der Waals surface area contributed by atoms with Gasteiger partial charge >= 0.3 is 12.0 Å². The monoisotopic (exact) mass is 414 g/mol. The van der Waals surface area contributed by atoms with Gasteiger partial charge in [-0.15, -0.1) is 0 Å². The molecule has 1 fully saturated rings. The predicted octanol–water partition coefficient (Wildman–Crippen LogP) is 2.85. The van der Waals surface area contributed by atoms with Crippen molar-refractivity contribution >= 4 is 34.9 Å². The molecular weight excluding hydrogens is 396 g/mol. The van der Waals surface area contributed by atoms with Gasteiger partial charge in [0.25, 0.3) is 5.91 Å². The van der Waals surface area contributed by atoms with Crippen LogP contribution in [-0.2, 0) is 16.1 Å². The fourth-order valence-corrected chi connectivity index (χ4v) is 3.78. The van der Waals surface area contributed by atoms with Gasteiger partial charge in [0.05, 0.1) is 11.6 Å². The molecule has 3 aromatic rings. The number of benzene rings is 2. The van der Waals surface area contributed by atoms with E-state index in [1.807, 2.05) is 54.0 Å². The zero-order valence-electron chi connectivity index (χ0n) is 16.6. The molecule has 0 bridgehead atoms. The topological polar surface area (TPSA) is 115 Å². The van der Waals surface area contributed by atoms with Gasteiger partial charge in [-0.3, -0.25) is 9.59 Å². The van der Waals surface area contributed by atoms with Gasteiger partial charge in [0.2, 0.25) is 0 Å². The van der Waals surface area contributed by atoms with E-state index in [0.29, 0.717) is 17.0 Å². The number of imide groups is 1. The quantitative estimate of drug-likeness (QED) is 0.492. The SMILES string of the molecule is Cc1c(/C=C2/NC(=O)N(CC(=O)O)C2=O)c2ccccc2n1Cc1ccccc1C#N. The molecule has 8 heteroatoms. The van der Waals surface area contributed by atoms with E-state index in [-0.39, 0.29) is 5.70 Å². The molecule has 1 aromatic heterocycles. The fraction of sp³-hybridized carbons (Fsp3) is 0.130. The van der Waals surface area contributed by atoms with E-state index in [1.165, 1.54) is 0 Å². The number of amides is 3. The van der Waals surface area contributed by atoms with Crippen LogP contribution < -0.4 is 5.32 Å². The third kappa shape index (κ3) is 3.53. The maximum Gasteiger partial charge on any atom is 0.329 e. The standard InChI is InChI=1S/C23H18N4O4/c1-14-18(10-19-22(30)27(13-21(28)29)23(31)25-19)17-8-4-5-9-20(17)26(14)12-16-7-3-2-6-15(16)11-24/h2-10H,12-13H2,1H3,(H,25,31)(H,28,29)/b19-10+. The summed E-state index contributed by atoms with van der Waals surface area (Å²) in [6.45, 7) is 1.66. The van der Waals surface area contributed by atoms with E-state index in [0.717, 1.165) is 27.7 Å². The van der Waals surface area contributed by atoms with Crippen molar-refractivity contribution in [3.63, 3.8) is 0 Å². The third-order valence-corrected chi connectivity index (χ3v) is 5.29. The summed E-state index contributed by atoms with van der Waals surface area (Å²) in [5.74, 6) is -1.95. The van der Waals surface area contributed by atoms with Crippen LogP contribution in [0.15, 0.2) is 54.2 Å². The smallest absolute Gasteiger partial charge is 0.329 e. The second-order valence-electron chi connectivity index (χ2n) is 7.14. The third-order valence-electron chi connectivity index (χ3n) is 5.29. The minimum atomic E-state index is -1.27. The number of fused-ring (bicyclic) bond motifs is 1. The van der Waals surface area contributed by atoms with E-state index in [2.05, 4.69) is 11.4 Å². The Morgan fingerprint density at radius 3 is 2.61 bits per heavy atom. The van der Waals surface area contributed by atoms with Crippen LogP contribution in [0.25, 0.3) is 17.0 Å². The first-order chi connectivity index (χ1) is 14.9. The van der Waals surface area contributed by atoms with Gasteiger partial charge in [-0.2, -0.15) is 5.26 Å². The van der Waals surface area contributed by atoms with E-state index in [4.69, 9.17) is 5.11 Å². The number of rotatable bonds is 5. The van der Waals surface area contributed by atoms with Crippen molar-refractivity contribution in [2.45, 2.75) is 13.5 Å². The van der Waals surface area contributed by atoms with Gasteiger partial charge in [-0.1, -0.05) is 36.4 Å². The lowest BCUT2D eigenvalue weighted by atomic mass is 10.1. The molecule has 4 rings (SSSR count). The van der Waals surface area contributed by atoms with Crippen LogP contribution in [0.4, 0.5) is 4.79 Å². The molecule has 0 spiro atoms. The van der Waals surface area contributed by atoms with Crippen molar-refractivity contribution in [2.24, 2.45) is 0 Å².